The number of nitrogen functional groups attached to an aromatic ring is 1. The lowest BCUT2D eigenvalue weighted by molar-refractivity contribution is 0.626. The summed E-state index contributed by atoms with van der Waals surface area (Å²) in [5.41, 5.74) is 7.40. The number of hydrogen-bond acceptors (Lipinski definition) is 3. The molecule has 1 atom stereocenters. The number of pyridine rings is 1. The van der Waals surface area contributed by atoms with E-state index in [4.69, 9.17) is 5.73 Å². The topological polar surface area (TPSA) is 50.9 Å². The van der Waals surface area contributed by atoms with Gasteiger partial charge in [-0.3, -0.25) is 0 Å². The Bertz CT molecular complexity index is 542. The van der Waals surface area contributed by atoms with Gasteiger partial charge in [-0.2, -0.15) is 0 Å². The van der Waals surface area contributed by atoms with Crippen LogP contribution < -0.4 is 11.1 Å². The Kier molecular flexibility index (Phi) is 3.81. The standard InChI is InChI=1S/C13H13BrFN3/c1-8(9-2-4-11(15)5-3-9)18-13-12(16)6-10(14)7-17-13/h2-8H,16H2,1H3,(H,17,18). The van der Waals surface area contributed by atoms with Crippen molar-refractivity contribution in [2.24, 2.45) is 0 Å². The molecule has 0 fully saturated rings. The molecule has 2 rings (SSSR count). The van der Waals surface area contributed by atoms with Crippen LogP contribution in [0, 0.1) is 5.82 Å². The molecule has 18 heavy (non-hydrogen) atoms. The molecule has 0 amide bonds. The molecule has 1 aromatic heterocycles. The molecule has 94 valence electrons. The first-order valence-electron chi connectivity index (χ1n) is 5.49. The Morgan fingerprint density at radius 2 is 2.00 bits per heavy atom. The van der Waals surface area contributed by atoms with E-state index < -0.39 is 0 Å². The first-order valence-corrected chi connectivity index (χ1v) is 6.28. The third-order valence-corrected chi connectivity index (χ3v) is 3.04. The van der Waals surface area contributed by atoms with E-state index in [0.29, 0.717) is 11.5 Å². The average Bonchev–Trinajstić information content (AvgIpc) is 2.33. The number of aromatic nitrogens is 1. The molecule has 1 heterocycles. The summed E-state index contributed by atoms with van der Waals surface area (Å²) in [5.74, 6) is 0.377. The zero-order valence-corrected chi connectivity index (χ0v) is 11.4. The van der Waals surface area contributed by atoms with Gasteiger partial charge in [-0.1, -0.05) is 12.1 Å². The minimum Gasteiger partial charge on any atom is -0.396 e. The summed E-state index contributed by atoms with van der Waals surface area (Å²) in [6, 6.07) is 8.13. The fourth-order valence-electron chi connectivity index (χ4n) is 1.62. The van der Waals surface area contributed by atoms with Crippen LogP contribution in [0.4, 0.5) is 15.9 Å². The zero-order valence-electron chi connectivity index (χ0n) is 9.82. The highest BCUT2D eigenvalue weighted by molar-refractivity contribution is 9.10. The average molecular weight is 310 g/mol. The quantitative estimate of drug-likeness (QED) is 0.908. The van der Waals surface area contributed by atoms with E-state index in [1.807, 2.05) is 6.92 Å². The summed E-state index contributed by atoms with van der Waals surface area (Å²) in [4.78, 5) is 4.20. The van der Waals surface area contributed by atoms with Crippen molar-refractivity contribution in [2.75, 3.05) is 11.1 Å². The highest BCUT2D eigenvalue weighted by Crippen LogP contribution is 2.24. The highest BCUT2D eigenvalue weighted by atomic mass is 79.9. The van der Waals surface area contributed by atoms with Crippen LogP contribution in [-0.2, 0) is 0 Å². The SMILES string of the molecule is CC(Nc1ncc(Br)cc1N)c1ccc(F)cc1. The normalized spacial score (nSPS) is 12.2. The van der Waals surface area contributed by atoms with Crippen molar-refractivity contribution >= 4 is 27.4 Å². The van der Waals surface area contributed by atoms with E-state index in [1.54, 1.807) is 24.4 Å². The second-order valence-electron chi connectivity index (χ2n) is 4.01. The molecule has 0 aliphatic carbocycles. The Labute approximate surface area is 113 Å². The van der Waals surface area contributed by atoms with Gasteiger partial charge in [0.1, 0.15) is 11.6 Å². The van der Waals surface area contributed by atoms with E-state index in [0.717, 1.165) is 10.0 Å². The Hall–Kier alpha value is -1.62. The van der Waals surface area contributed by atoms with Gasteiger partial charge >= 0.3 is 0 Å². The van der Waals surface area contributed by atoms with Crippen molar-refractivity contribution in [3.63, 3.8) is 0 Å². The fourth-order valence-corrected chi connectivity index (χ4v) is 1.96. The summed E-state index contributed by atoms with van der Waals surface area (Å²) in [6.07, 6.45) is 1.68. The molecular formula is C13H13BrFN3. The van der Waals surface area contributed by atoms with Crippen LogP contribution in [0.1, 0.15) is 18.5 Å². The predicted molar refractivity (Wildman–Crippen MR) is 74.8 cm³/mol. The van der Waals surface area contributed by atoms with Crippen LogP contribution in [0.5, 0.6) is 0 Å². The molecular weight excluding hydrogens is 297 g/mol. The highest BCUT2D eigenvalue weighted by Gasteiger charge is 2.08. The Morgan fingerprint density at radius 1 is 1.33 bits per heavy atom. The van der Waals surface area contributed by atoms with E-state index >= 15 is 0 Å². The van der Waals surface area contributed by atoms with Crippen LogP contribution in [0.25, 0.3) is 0 Å². The molecule has 0 aliphatic heterocycles. The van der Waals surface area contributed by atoms with Gasteiger partial charge in [0.25, 0.3) is 0 Å². The van der Waals surface area contributed by atoms with E-state index in [1.165, 1.54) is 12.1 Å². The first-order chi connectivity index (χ1) is 8.56. The van der Waals surface area contributed by atoms with Gasteiger partial charge in [0.2, 0.25) is 0 Å². The Morgan fingerprint density at radius 3 is 2.61 bits per heavy atom. The zero-order chi connectivity index (χ0) is 13.1. The van der Waals surface area contributed by atoms with Gasteiger partial charge in [-0.25, -0.2) is 9.37 Å². The van der Waals surface area contributed by atoms with Gasteiger partial charge in [0.15, 0.2) is 0 Å². The number of rotatable bonds is 3. The Balaban J connectivity index is 2.15. The van der Waals surface area contributed by atoms with Gasteiger partial charge in [-0.05, 0) is 46.6 Å². The smallest absolute Gasteiger partial charge is 0.149 e. The summed E-state index contributed by atoms with van der Waals surface area (Å²) < 4.78 is 13.7. The third kappa shape index (κ3) is 2.98. The van der Waals surface area contributed by atoms with E-state index in [9.17, 15) is 4.39 Å². The van der Waals surface area contributed by atoms with Gasteiger partial charge in [-0.15, -0.1) is 0 Å². The molecule has 2 aromatic rings. The van der Waals surface area contributed by atoms with Crippen molar-refractivity contribution in [3.8, 4) is 0 Å². The predicted octanol–water partition coefficient (Wildman–Crippen LogP) is 3.74. The fraction of sp³-hybridized carbons (Fsp3) is 0.154. The molecule has 0 saturated heterocycles. The van der Waals surface area contributed by atoms with Crippen molar-refractivity contribution in [2.45, 2.75) is 13.0 Å². The molecule has 0 spiro atoms. The molecule has 0 aliphatic rings. The second-order valence-corrected chi connectivity index (χ2v) is 4.92. The molecule has 0 bridgehead atoms. The van der Waals surface area contributed by atoms with Gasteiger partial charge in [0.05, 0.1) is 11.7 Å². The molecule has 0 saturated carbocycles. The molecule has 1 unspecified atom stereocenters. The lowest BCUT2D eigenvalue weighted by Gasteiger charge is -2.16. The lowest BCUT2D eigenvalue weighted by atomic mass is 10.1. The van der Waals surface area contributed by atoms with Crippen LogP contribution in [0.2, 0.25) is 0 Å². The minimum atomic E-state index is -0.243. The minimum absolute atomic E-state index is 0.00146. The molecule has 5 heteroatoms. The number of halogens is 2. The summed E-state index contributed by atoms with van der Waals surface area (Å²) in [5, 5.41) is 3.19. The molecule has 3 nitrogen and oxygen atoms in total. The number of anilines is 2. The van der Waals surface area contributed by atoms with Crippen LogP contribution in [0.15, 0.2) is 41.0 Å². The number of nitrogens with one attached hydrogen (secondary N) is 1. The number of hydrogen-bond donors (Lipinski definition) is 2. The second kappa shape index (κ2) is 5.35. The monoisotopic (exact) mass is 309 g/mol. The van der Waals surface area contributed by atoms with Gasteiger partial charge in [0, 0.05) is 10.7 Å². The first kappa shape index (κ1) is 12.8. The maximum absolute atomic E-state index is 12.8. The van der Waals surface area contributed by atoms with E-state index in [2.05, 4.69) is 26.2 Å². The summed E-state index contributed by atoms with van der Waals surface area (Å²) in [6.45, 7) is 1.97. The summed E-state index contributed by atoms with van der Waals surface area (Å²) in [7, 11) is 0. The lowest BCUT2D eigenvalue weighted by Crippen LogP contribution is -2.09. The van der Waals surface area contributed by atoms with Crippen molar-refractivity contribution in [3.05, 3.63) is 52.4 Å². The van der Waals surface area contributed by atoms with Crippen LogP contribution in [-0.4, -0.2) is 4.98 Å². The molecule has 0 radical (unpaired) electrons. The van der Waals surface area contributed by atoms with Crippen molar-refractivity contribution in [1.82, 2.24) is 4.98 Å². The maximum atomic E-state index is 12.8. The maximum Gasteiger partial charge on any atom is 0.149 e. The number of benzene rings is 1. The van der Waals surface area contributed by atoms with Crippen molar-refractivity contribution < 1.29 is 4.39 Å². The summed E-state index contributed by atoms with van der Waals surface area (Å²) >= 11 is 3.30. The molecule has 3 N–H and O–H groups in total. The van der Waals surface area contributed by atoms with Gasteiger partial charge < -0.3 is 11.1 Å². The molecule has 1 aromatic carbocycles. The van der Waals surface area contributed by atoms with Crippen LogP contribution >= 0.6 is 15.9 Å². The largest absolute Gasteiger partial charge is 0.396 e. The number of nitrogens with zero attached hydrogens (tertiary/aromatic N) is 1. The van der Waals surface area contributed by atoms with Crippen molar-refractivity contribution in [1.29, 1.82) is 0 Å². The third-order valence-electron chi connectivity index (χ3n) is 2.61. The van der Waals surface area contributed by atoms with Crippen LogP contribution in [0.3, 0.4) is 0 Å². The number of nitrogens with two attached hydrogens (primary N) is 1. The van der Waals surface area contributed by atoms with E-state index in [-0.39, 0.29) is 11.9 Å².